The van der Waals surface area contributed by atoms with Crippen molar-refractivity contribution >= 4 is 35.4 Å². The molecule has 19 heavy (non-hydrogen) atoms. The summed E-state index contributed by atoms with van der Waals surface area (Å²) in [4.78, 5) is 24.2. The van der Waals surface area contributed by atoms with Gasteiger partial charge in [-0.15, -0.1) is 11.8 Å². The second-order valence-electron chi connectivity index (χ2n) is 4.34. The summed E-state index contributed by atoms with van der Waals surface area (Å²) in [6, 6.07) is 9.59. The number of carboxylic acid groups (broad SMARTS) is 1. The maximum atomic E-state index is 11.9. The maximum Gasteiger partial charge on any atom is 0.330 e. The molecule has 1 amide bonds. The normalized spacial score (nSPS) is 22.1. The first-order valence-corrected chi connectivity index (χ1v) is 8.06. The summed E-state index contributed by atoms with van der Waals surface area (Å²) >= 11 is 2.97. The second kappa shape index (κ2) is 6.34. The molecule has 1 fully saturated rings. The van der Waals surface area contributed by atoms with Gasteiger partial charge in [-0.05, 0) is 24.3 Å². The highest BCUT2D eigenvalue weighted by atomic mass is 32.2. The zero-order valence-corrected chi connectivity index (χ0v) is 11.9. The van der Waals surface area contributed by atoms with E-state index in [-0.39, 0.29) is 11.7 Å². The van der Waals surface area contributed by atoms with Gasteiger partial charge in [-0.2, -0.15) is 11.8 Å². The molecule has 102 valence electrons. The number of rotatable bonds is 5. The molecule has 1 aliphatic heterocycles. The SMILES string of the molecule is O=C(CSc1ccccc1)NC1(C(=O)O)CCSC1. The number of carboxylic acids is 1. The predicted octanol–water partition coefficient (Wildman–Crippen LogP) is 1.86. The molecule has 1 aliphatic rings. The van der Waals surface area contributed by atoms with Gasteiger partial charge in [-0.3, -0.25) is 4.79 Å². The second-order valence-corrected chi connectivity index (χ2v) is 6.49. The van der Waals surface area contributed by atoms with Crippen LogP contribution in [-0.2, 0) is 9.59 Å². The predicted molar refractivity (Wildman–Crippen MR) is 77.6 cm³/mol. The zero-order chi connectivity index (χ0) is 13.7. The third kappa shape index (κ3) is 3.67. The Hall–Kier alpha value is -1.14. The summed E-state index contributed by atoms with van der Waals surface area (Å²) in [5.41, 5.74) is -1.07. The minimum Gasteiger partial charge on any atom is -0.479 e. The Kier molecular flexibility index (Phi) is 4.76. The molecule has 2 rings (SSSR count). The van der Waals surface area contributed by atoms with Crippen molar-refractivity contribution in [3.63, 3.8) is 0 Å². The Morgan fingerprint density at radius 1 is 1.37 bits per heavy atom. The number of hydrogen-bond acceptors (Lipinski definition) is 4. The summed E-state index contributed by atoms with van der Waals surface area (Å²) in [6.45, 7) is 0. The highest BCUT2D eigenvalue weighted by molar-refractivity contribution is 8.00. The Balaban J connectivity index is 1.88. The number of carbonyl (C=O) groups is 2. The van der Waals surface area contributed by atoms with Crippen LogP contribution in [0.25, 0.3) is 0 Å². The topological polar surface area (TPSA) is 66.4 Å². The first-order chi connectivity index (χ1) is 9.12. The van der Waals surface area contributed by atoms with Crippen LogP contribution in [0, 0.1) is 0 Å². The van der Waals surface area contributed by atoms with Crippen LogP contribution in [0.3, 0.4) is 0 Å². The van der Waals surface area contributed by atoms with E-state index in [1.807, 2.05) is 30.3 Å². The first kappa shape index (κ1) is 14.3. The quantitative estimate of drug-likeness (QED) is 0.812. The van der Waals surface area contributed by atoms with Gasteiger partial charge in [0.25, 0.3) is 0 Å². The largest absolute Gasteiger partial charge is 0.479 e. The van der Waals surface area contributed by atoms with Gasteiger partial charge in [0.05, 0.1) is 5.75 Å². The monoisotopic (exact) mass is 297 g/mol. The van der Waals surface area contributed by atoms with Crippen LogP contribution in [0.2, 0.25) is 0 Å². The van der Waals surface area contributed by atoms with Gasteiger partial charge in [0.2, 0.25) is 5.91 Å². The molecule has 0 aliphatic carbocycles. The van der Waals surface area contributed by atoms with E-state index in [1.54, 1.807) is 11.8 Å². The van der Waals surface area contributed by atoms with Crippen molar-refractivity contribution in [2.75, 3.05) is 17.3 Å². The third-order valence-corrected chi connectivity index (χ3v) is 5.12. The fourth-order valence-electron chi connectivity index (χ4n) is 1.85. The van der Waals surface area contributed by atoms with Crippen LogP contribution < -0.4 is 5.32 Å². The summed E-state index contributed by atoms with van der Waals surface area (Å²) in [5.74, 6) is 0.306. The molecular weight excluding hydrogens is 282 g/mol. The Morgan fingerprint density at radius 3 is 2.68 bits per heavy atom. The molecule has 0 radical (unpaired) electrons. The van der Waals surface area contributed by atoms with Crippen molar-refractivity contribution < 1.29 is 14.7 Å². The molecule has 0 spiro atoms. The minimum absolute atomic E-state index is 0.223. The van der Waals surface area contributed by atoms with Crippen LogP contribution in [0.5, 0.6) is 0 Å². The van der Waals surface area contributed by atoms with Crippen molar-refractivity contribution in [1.82, 2.24) is 5.32 Å². The molecule has 0 bridgehead atoms. The number of hydrogen-bond donors (Lipinski definition) is 2. The van der Waals surface area contributed by atoms with Gasteiger partial charge in [-0.25, -0.2) is 4.79 Å². The Labute approximate surface area is 120 Å². The van der Waals surface area contributed by atoms with Crippen LogP contribution >= 0.6 is 23.5 Å². The lowest BCUT2D eigenvalue weighted by atomic mass is 9.99. The number of amides is 1. The maximum absolute atomic E-state index is 11.9. The van der Waals surface area contributed by atoms with Crippen LogP contribution in [-0.4, -0.2) is 39.8 Å². The number of carbonyl (C=O) groups excluding carboxylic acids is 1. The van der Waals surface area contributed by atoms with E-state index in [1.165, 1.54) is 11.8 Å². The van der Waals surface area contributed by atoms with Crippen molar-refractivity contribution in [3.05, 3.63) is 30.3 Å². The van der Waals surface area contributed by atoms with E-state index in [2.05, 4.69) is 5.32 Å². The van der Waals surface area contributed by atoms with Crippen molar-refractivity contribution in [1.29, 1.82) is 0 Å². The highest BCUT2D eigenvalue weighted by Crippen LogP contribution is 2.28. The summed E-state index contributed by atoms with van der Waals surface area (Å²) in [6.07, 6.45) is 0.495. The van der Waals surface area contributed by atoms with E-state index >= 15 is 0 Å². The number of aliphatic carboxylic acids is 1. The molecule has 1 aromatic carbocycles. The van der Waals surface area contributed by atoms with E-state index < -0.39 is 11.5 Å². The van der Waals surface area contributed by atoms with Crippen LogP contribution in [0.1, 0.15) is 6.42 Å². The van der Waals surface area contributed by atoms with E-state index in [0.717, 1.165) is 10.6 Å². The van der Waals surface area contributed by atoms with Crippen molar-refractivity contribution in [2.45, 2.75) is 16.9 Å². The summed E-state index contributed by atoms with van der Waals surface area (Å²) in [7, 11) is 0. The molecule has 1 saturated heterocycles. The van der Waals surface area contributed by atoms with Crippen LogP contribution in [0.15, 0.2) is 35.2 Å². The van der Waals surface area contributed by atoms with Gasteiger partial charge in [-0.1, -0.05) is 18.2 Å². The van der Waals surface area contributed by atoms with Gasteiger partial charge >= 0.3 is 5.97 Å². The molecule has 1 aromatic rings. The molecular formula is C13H15NO3S2. The lowest BCUT2D eigenvalue weighted by Gasteiger charge is -2.24. The molecule has 6 heteroatoms. The fraction of sp³-hybridized carbons (Fsp3) is 0.385. The molecule has 2 N–H and O–H groups in total. The number of benzene rings is 1. The summed E-state index contributed by atoms with van der Waals surface area (Å²) in [5, 5.41) is 11.9. The fourth-order valence-corrected chi connectivity index (χ4v) is 3.90. The third-order valence-electron chi connectivity index (χ3n) is 2.92. The molecule has 0 saturated carbocycles. The lowest BCUT2D eigenvalue weighted by molar-refractivity contribution is -0.146. The molecule has 1 heterocycles. The standard InChI is InChI=1S/C13H15NO3S2/c15-11(8-19-10-4-2-1-3-5-10)14-13(12(16)17)6-7-18-9-13/h1-5H,6-9H2,(H,14,15)(H,16,17). The lowest BCUT2D eigenvalue weighted by Crippen LogP contribution is -2.55. The van der Waals surface area contributed by atoms with E-state index in [0.29, 0.717) is 12.2 Å². The molecule has 4 nitrogen and oxygen atoms in total. The first-order valence-electron chi connectivity index (χ1n) is 5.92. The molecule has 0 aromatic heterocycles. The van der Waals surface area contributed by atoms with Crippen LogP contribution in [0.4, 0.5) is 0 Å². The number of nitrogens with one attached hydrogen (secondary N) is 1. The molecule has 1 atom stereocenters. The van der Waals surface area contributed by atoms with Gasteiger partial charge in [0.15, 0.2) is 0 Å². The minimum atomic E-state index is -1.07. The highest BCUT2D eigenvalue weighted by Gasteiger charge is 2.43. The van der Waals surface area contributed by atoms with Gasteiger partial charge in [0, 0.05) is 10.6 Å². The van der Waals surface area contributed by atoms with Crippen molar-refractivity contribution in [3.8, 4) is 0 Å². The average molecular weight is 297 g/mol. The van der Waals surface area contributed by atoms with Gasteiger partial charge < -0.3 is 10.4 Å². The number of thioether (sulfide) groups is 2. The Bertz CT molecular complexity index is 458. The van der Waals surface area contributed by atoms with E-state index in [9.17, 15) is 14.7 Å². The summed E-state index contributed by atoms with van der Waals surface area (Å²) < 4.78 is 0. The van der Waals surface area contributed by atoms with Gasteiger partial charge in [0.1, 0.15) is 5.54 Å². The average Bonchev–Trinajstić information content (AvgIpc) is 2.87. The van der Waals surface area contributed by atoms with E-state index in [4.69, 9.17) is 0 Å². The molecule has 1 unspecified atom stereocenters. The van der Waals surface area contributed by atoms with Crippen molar-refractivity contribution in [2.24, 2.45) is 0 Å². The smallest absolute Gasteiger partial charge is 0.330 e. The Morgan fingerprint density at radius 2 is 2.11 bits per heavy atom. The zero-order valence-electron chi connectivity index (χ0n) is 10.3.